The second-order valence-electron chi connectivity index (χ2n) is 8.04. The summed E-state index contributed by atoms with van der Waals surface area (Å²) in [5.74, 6) is 0.446. The number of hydrogen-bond donors (Lipinski definition) is 1. The second kappa shape index (κ2) is 16.8. The summed E-state index contributed by atoms with van der Waals surface area (Å²) in [6, 6.07) is 0. The molecule has 5 nitrogen and oxygen atoms in total. The molecule has 4 unspecified atom stereocenters. The summed E-state index contributed by atoms with van der Waals surface area (Å²) in [5, 5.41) is 10.4. The summed E-state index contributed by atoms with van der Waals surface area (Å²) < 4.78 is 24.6. The lowest BCUT2D eigenvalue weighted by atomic mass is 9.83. The van der Waals surface area contributed by atoms with E-state index in [1.165, 1.54) is 0 Å². The smallest absolute Gasteiger partial charge is 0.327 e. The van der Waals surface area contributed by atoms with Crippen molar-refractivity contribution in [1.29, 1.82) is 0 Å². The third-order valence-corrected chi connectivity index (χ3v) is 8.22. The van der Waals surface area contributed by atoms with Gasteiger partial charge in [-0.25, -0.2) is 0 Å². The predicted molar refractivity (Wildman–Crippen MR) is 117 cm³/mol. The molecule has 0 aromatic heterocycles. The molecule has 0 bridgehead atoms. The van der Waals surface area contributed by atoms with Crippen molar-refractivity contribution in [3.63, 3.8) is 0 Å². The molecule has 1 fully saturated rings. The molecule has 0 radical (unpaired) electrons. The average molecular weight is 419 g/mol. The maximum Gasteiger partial charge on any atom is 0.327 e. The molecule has 1 rings (SSSR count). The van der Waals surface area contributed by atoms with Crippen molar-refractivity contribution in [2.24, 2.45) is 5.92 Å². The minimum atomic E-state index is -1.86. The number of hydrogen-bond acceptors (Lipinski definition) is 5. The van der Waals surface area contributed by atoms with Crippen LogP contribution in [0.4, 0.5) is 0 Å². The maximum atomic E-state index is 10.4. The molecule has 0 heterocycles. The van der Waals surface area contributed by atoms with Gasteiger partial charge in [0, 0.05) is 32.0 Å². The van der Waals surface area contributed by atoms with Crippen LogP contribution >= 0.6 is 0 Å². The Morgan fingerprint density at radius 1 is 0.893 bits per heavy atom. The molecular formula is C22H46O5Si. The van der Waals surface area contributed by atoms with Crippen molar-refractivity contribution in [3.05, 3.63) is 0 Å². The Morgan fingerprint density at radius 3 is 2.07 bits per heavy atom. The molecule has 1 aliphatic rings. The van der Waals surface area contributed by atoms with Crippen LogP contribution in [0, 0.1) is 5.92 Å². The van der Waals surface area contributed by atoms with Gasteiger partial charge in [-0.1, -0.05) is 40.0 Å². The van der Waals surface area contributed by atoms with Gasteiger partial charge in [0.25, 0.3) is 0 Å². The van der Waals surface area contributed by atoms with Crippen LogP contribution in [-0.4, -0.2) is 59.6 Å². The summed E-state index contributed by atoms with van der Waals surface area (Å²) in [4.78, 5) is 0. The summed E-state index contributed by atoms with van der Waals surface area (Å²) in [5.41, 5.74) is 0.318. The van der Waals surface area contributed by atoms with Gasteiger partial charge in [-0.2, -0.15) is 0 Å². The normalized spacial score (nSPS) is 24.0. The van der Waals surface area contributed by atoms with Crippen molar-refractivity contribution >= 4 is 9.28 Å². The van der Waals surface area contributed by atoms with Crippen molar-refractivity contribution in [3.8, 4) is 0 Å². The van der Waals surface area contributed by atoms with Crippen LogP contribution in [0.3, 0.4) is 0 Å². The molecule has 0 spiro atoms. The first-order valence-corrected chi connectivity index (χ1v) is 13.4. The first kappa shape index (κ1) is 26.1. The minimum Gasteiger partial charge on any atom is -0.396 e. The van der Waals surface area contributed by atoms with Gasteiger partial charge < -0.3 is 23.4 Å². The van der Waals surface area contributed by atoms with Gasteiger partial charge in [-0.15, -0.1) is 0 Å². The van der Waals surface area contributed by atoms with E-state index in [4.69, 9.17) is 18.3 Å². The van der Waals surface area contributed by atoms with E-state index in [1.54, 1.807) is 0 Å². The molecule has 28 heavy (non-hydrogen) atoms. The van der Waals surface area contributed by atoms with E-state index >= 15 is 0 Å². The molecule has 1 aliphatic carbocycles. The molecule has 0 saturated heterocycles. The van der Waals surface area contributed by atoms with Crippen LogP contribution < -0.4 is 0 Å². The molecule has 168 valence electrons. The summed E-state index contributed by atoms with van der Waals surface area (Å²) in [6.45, 7) is 12.3. The van der Waals surface area contributed by atoms with Crippen molar-refractivity contribution in [1.82, 2.24) is 0 Å². The van der Waals surface area contributed by atoms with Gasteiger partial charge >= 0.3 is 9.28 Å². The van der Waals surface area contributed by atoms with E-state index in [0.717, 1.165) is 77.6 Å². The molecule has 0 aliphatic heterocycles. The molecule has 1 N–H and O–H groups in total. The predicted octanol–water partition coefficient (Wildman–Crippen LogP) is 4.59. The highest BCUT2D eigenvalue weighted by atomic mass is 28.3. The van der Waals surface area contributed by atoms with E-state index < -0.39 is 9.28 Å². The zero-order valence-electron chi connectivity index (χ0n) is 18.9. The van der Waals surface area contributed by atoms with E-state index in [-0.39, 0.29) is 12.2 Å². The van der Waals surface area contributed by atoms with Crippen LogP contribution in [0.2, 0.25) is 5.54 Å². The average Bonchev–Trinajstić information content (AvgIpc) is 2.70. The molecule has 6 heteroatoms. The molecule has 4 atom stereocenters. The first-order valence-electron chi connectivity index (χ1n) is 11.8. The van der Waals surface area contributed by atoms with Crippen molar-refractivity contribution in [2.75, 3.05) is 33.0 Å². The third kappa shape index (κ3) is 10.2. The molecular weight excluding hydrogens is 372 g/mol. The largest absolute Gasteiger partial charge is 0.396 e. The summed E-state index contributed by atoms with van der Waals surface area (Å²) >= 11 is 0. The fourth-order valence-electron chi connectivity index (χ4n) is 3.76. The summed E-state index contributed by atoms with van der Waals surface area (Å²) in [6.07, 6.45) is 8.88. The van der Waals surface area contributed by atoms with Gasteiger partial charge in [0.2, 0.25) is 0 Å². The highest BCUT2D eigenvalue weighted by Gasteiger charge is 2.39. The van der Waals surface area contributed by atoms with E-state index in [1.807, 2.05) is 6.92 Å². The highest BCUT2D eigenvalue weighted by Crippen LogP contribution is 2.37. The fourth-order valence-corrected chi connectivity index (χ4v) is 6.24. The van der Waals surface area contributed by atoms with Gasteiger partial charge in [-0.3, -0.25) is 0 Å². The van der Waals surface area contributed by atoms with Crippen LogP contribution in [0.5, 0.6) is 0 Å². The lowest BCUT2D eigenvalue weighted by Gasteiger charge is -2.39. The number of aliphatic hydroxyl groups is 1. The fraction of sp³-hybridized carbons (Fsp3) is 1.00. The monoisotopic (exact) mass is 418 g/mol. The molecule has 0 aromatic carbocycles. The Kier molecular flexibility index (Phi) is 15.6. The minimum absolute atomic E-state index is 0.0599. The molecule has 1 saturated carbocycles. The van der Waals surface area contributed by atoms with Gasteiger partial charge in [0.15, 0.2) is 0 Å². The van der Waals surface area contributed by atoms with Gasteiger partial charge in [0.1, 0.15) is 0 Å². The zero-order chi connectivity index (χ0) is 20.6. The zero-order valence-corrected chi connectivity index (χ0v) is 20.0. The standard InChI is InChI=1S/C22H46O5Si/c1-5-9-14-25-21-17-19(12-13-20(21)23)22(18-24-8-4)28(26-15-10-6-2)27-16-11-7-3/h19-23,28H,5-18H2,1-4H3. The van der Waals surface area contributed by atoms with Crippen molar-refractivity contribution in [2.45, 2.75) is 103 Å². The Balaban J connectivity index is 2.78. The van der Waals surface area contributed by atoms with Gasteiger partial charge in [0.05, 0.1) is 18.8 Å². The highest BCUT2D eigenvalue weighted by molar-refractivity contribution is 6.46. The number of rotatable bonds is 17. The topological polar surface area (TPSA) is 57.2 Å². The van der Waals surface area contributed by atoms with Crippen LogP contribution in [0.15, 0.2) is 0 Å². The quantitative estimate of drug-likeness (QED) is 0.276. The molecule has 0 aromatic rings. The maximum absolute atomic E-state index is 10.4. The van der Waals surface area contributed by atoms with Crippen molar-refractivity contribution < 1.29 is 23.4 Å². The van der Waals surface area contributed by atoms with Crippen LogP contribution in [0.1, 0.15) is 85.5 Å². The van der Waals surface area contributed by atoms with Crippen LogP contribution in [-0.2, 0) is 18.3 Å². The van der Waals surface area contributed by atoms with E-state index in [2.05, 4.69) is 20.8 Å². The van der Waals surface area contributed by atoms with Gasteiger partial charge in [-0.05, 0) is 51.4 Å². The SMILES string of the molecule is CCCCOC1CC(C(COCC)[SiH](OCCCC)OCCCC)CCC1O. The Labute approximate surface area is 175 Å². The third-order valence-electron chi connectivity index (χ3n) is 5.66. The second-order valence-corrected chi connectivity index (χ2v) is 10.3. The molecule has 0 amide bonds. The first-order chi connectivity index (χ1) is 13.7. The number of aliphatic hydroxyl groups excluding tert-OH is 1. The van der Waals surface area contributed by atoms with E-state index in [9.17, 15) is 5.11 Å². The number of unbranched alkanes of at least 4 members (excludes halogenated alkanes) is 3. The van der Waals surface area contributed by atoms with E-state index in [0.29, 0.717) is 24.7 Å². The number of ether oxygens (including phenoxy) is 2. The lowest BCUT2D eigenvalue weighted by Crippen LogP contribution is -2.43. The van der Waals surface area contributed by atoms with Crippen LogP contribution in [0.25, 0.3) is 0 Å². The lowest BCUT2D eigenvalue weighted by molar-refractivity contribution is -0.0760. The Morgan fingerprint density at radius 2 is 1.50 bits per heavy atom. The summed E-state index contributed by atoms with van der Waals surface area (Å²) in [7, 11) is -1.86. The Hall–Kier alpha value is 0.0169. The Bertz CT molecular complexity index is 348.